The van der Waals surface area contributed by atoms with E-state index in [4.69, 9.17) is 5.73 Å². The highest BCUT2D eigenvalue weighted by molar-refractivity contribution is 5.63. The van der Waals surface area contributed by atoms with Gasteiger partial charge >= 0.3 is 0 Å². The summed E-state index contributed by atoms with van der Waals surface area (Å²) in [6.45, 7) is 0. The van der Waals surface area contributed by atoms with Crippen LogP contribution in [0.5, 0.6) is 0 Å². The van der Waals surface area contributed by atoms with E-state index in [0.29, 0.717) is 0 Å². The first-order valence-corrected chi connectivity index (χ1v) is 7.34. The van der Waals surface area contributed by atoms with E-state index in [1.165, 1.54) is 11.1 Å². The van der Waals surface area contributed by atoms with E-state index in [2.05, 4.69) is 24.3 Å². The second kappa shape index (κ2) is 5.39. The van der Waals surface area contributed by atoms with Crippen LogP contribution in [0.15, 0.2) is 54.6 Å². The zero-order valence-electron chi connectivity index (χ0n) is 11.6. The zero-order chi connectivity index (χ0) is 14.0. The monoisotopic (exact) mass is 267 g/mol. The molecule has 2 atom stereocenters. The molecule has 1 aliphatic rings. The molecule has 3 N–H and O–H groups in total. The number of rotatable bonds is 2. The standard InChI is InChI=1S/C18H21NO/c19-17-8-4-5-13-18(17,20)16-11-9-15(10-12-16)14-6-2-1-3-7-14/h1-3,6-7,9-12,17,20H,4-5,8,13,19H2. The first kappa shape index (κ1) is 13.3. The predicted molar refractivity (Wildman–Crippen MR) is 82.2 cm³/mol. The molecule has 104 valence electrons. The maximum atomic E-state index is 10.8. The molecule has 1 aliphatic carbocycles. The third-order valence-electron chi connectivity index (χ3n) is 4.43. The summed E-state index contributed by atoms with van der Waals surface area (Å²) in [4.78, 5) is 0. The lowest BCUT2D eigenvalue weighted by Gasteiger charge is -2.38. The van der Waals surface area contributed by atoms with Gasteiger partial charge in [0.1, 0.15) is 5.60 Å². The van der Waals surface area contributed by atoms with E-state index in [0.717, 1.165) is 31.2 Å². The second-order valence-electron chi connectivity index (χ2n) is 5.72. The lowest BCUT2D eigenvalue weighted by molar-refractivity contribution is -0.0193. The molecule has 1 fully saturated rings. The van der Waals surface area contributed by atoms with E-state index in [1.54, 1.807) is 0 Å². The quantitative estimate of drug-likeness (QED) is 0.875. The Balaban J connectivity index is 1.90. The molecule has 2 aromatic carbocycles. The van der Waals surface area contributed by atoms with Crippen molar-refractivity contribution >= 4 is 0 Å². The third-order valence-corrected chi connectivity index (χ3v) is 4.43. The molecule has 20 heavy (non-hydrogen) atoms. The van der Waals surface area contributed by atoms with Crippen LogP contribution in [0.4, 0.5) is 0 Å². The van der Waals surface area contributed by atoms with Gasteiger partial charge in [-0.05, 0) is 29.5 Å². The van der Waals surface area contributed by atoms with Gasteiger partial charge in [0.25, 0.3) is 0 Å². The number of benzene rings is 2. The highest BCUT2D eigenvalue weighted by atomic mass is 16.3. The summed E-state index contributed by atoms with van der Waals surface area (Å²) in [5.41, 5.74) is 8.60. The minimum absolute atomic E-state index is 0.154. The fourth-order valence-corrected chi connectivity index (χ4v) is 3.12. The Labute approximate surface area is 120 Å². The zero-order valence-corrected chi connectivity index (χ0v) is 11.6. The van der Waals surface area contributed by atoms with Crippen molar-refractivity contribution in [2.75, 3.05) is 0 Å². The van der Waals surface area contributed by atoms with Crippen LogP contribution in [0, 0.1) is 0 Å². The number of aliphatic hydroxyl groups is 1. The largest absolute Gasteiger partial charge is 0.384 e. The fraction of sp³-hybridized carbons (Fsp3) is 0.333. The molecule has 0 saturated heterocycles. The van der Waals surface area contributed by atoms with Crippen LogP contribution in [0.25, 0.3) is 11.1 Å². The summed E-state index contributed by atoms with van der Waals surface area (Å²) in [5, 5.41) is 10.8. The molecule has 2 aromatic rings. The van der Waals surface area contributed by atoms with Crippen LogP contribution in [0.3, 0.4) is 0 Å². The van der Waals surface area contributed by atoms with Crippen LogP contribution in [0.2, 0.25) is 0 Å². The molecule has 0 radical (unpaired) electrons. The third kappa shape index (κ3) is 2.37. The van der Waals surface area contributed by atoms with Gasteiger partial charge in [0, 0.05) is 6.04 Å². The van der Waals surface area contributed by atoms with Crippen molar-refractivity contribution in [1.82, 2.24) is 0 Å². The fourth-order valence-electron chi connectivity index (χ4n) is 3.12. The maximum Gasteiger partial charge on any atom is 0.105 e. The summed E-state index contributed by atoms with van der Waals surface area (Å²) >= 11 is 0. The first-order chi connectivity index (χ1) is 9.70. The molecule has 0 aromatic heterocycles. The SMILES string of the molecule is NC1CCCCC1(O)c1ccc(-c2ccccc2)cc1. The van der Waals surface area contributed by atoms with Crippen molar-refractivity contribution in [3.63, 3.8) is 0 Å². The Morgan fingerprint density at radius 2 is 1.55 bits per heavy atom. The number of hydrogen-bond donors (Lipinski definition) is 2. The molecule has 2 nitrogen and oxygen atoms in total. The highest BCUT2D eigenvalue weighted by Gasteiger charge is 2.38. The molecular formula is C18H21NO. The maximum absolute atomic E-state index is 10.8. The topological polar surface area (TPSA) is 46.2 Å². The van der Waals surface area contributed by atoms with E-state index >= 15 is 0 Å². The lowest BCUT2D eigenvalue weighted by Crippen LogP contribution is -2.47. The molecule has 2 unspecified atom stereocenters. The van der Waals surface area contributed by atoms with Gasteiger partial charge < -0.3 is 10.8 Å². The Bertz CT molecular complexity index is 564. The summed E-state index contributed by atoms with van der Waals surface area (Å²) in [6.07, 6.45) is 3.83. The van der Waals surface area contributed by atoms with Crippen LogP contribution in [-0.4, -0.2) is 11.1 Å². The molecule has 0 bridgehead atoms. The van der Waals surface area contributed by atoms with E-state index in [9.17, 15) is 5.11 Å². The number of nitrogens with two attached hydrogens (primary N) is 1. The van der Waals surface area contributed by atoms with Crippen LogP contribution in [0.1, 0.15) is 31.2 Å². The Hall–Kier alpha value is -1.64. The van der Waals surface area contributed by atoms with Crippen molar-refractivity contribution in [2.24, 2.45) is 5.73 Å². The van der Waals surface area contributed by atoms with Crippen LogP contribution < -0.4 is 5.73 Å². The van der Waals surface area contributed by atoms with E-state index in [1.807, 2.05) is 30.3 Å². The molecule has 0 heterocycles. The molecule has 0 amide bonds. The van der Waals surface area contributed by atoms with Crippen molar-refractivity contribution in [2.45, 2.75) is 37.3 Å². The average Bonchev–Trinajstić information content (AvgIpc) is 2.51. The van der Waals surface area contributed by atoms with Crippen molar-refractivity contribution < 1.29 is 5.11 Å². The molecule has 0 spiro atoms. The van der Waals surface area contributed by atoms with E-state index < -0.39 is 5.60 Å². The summed E-state index contributed by atoms with van der Waals surface area (Å²) in [6, 6.07) is 18.3. The van der Waals surface area contributed by atoms with Gasteiger partial charge in [-0.15, -0.1) is 0 Å². The predicted octanol–water partition coefficient (Wildman–Crippen LogP) is 3.44. The van der Waals surface area contributed by atoms with Gasteiger partial charge in [-0.1, -0.05) is 67.4 Å². The molecule has 0 aliphatic heterocycles. The Morgan fingerprint density at radius 1 is 0.900 bits per heavy atom. The van der Waals surface area contributed by atoms with Crippen LogP contribution >= 0.6 is 0 Å². The summed E-state index contributed by atoms with van der Waals surface area (Å²) < 4.78 is 0. The van der Waals surface area contributed by atoms with Crippen LogP contribution in [-0.2, 0) is 5.60 Å². The molecule has 1 saturated carbocycles. The van der Waals surface area contributed by atoms with E-state index in [-0.39, 0.29) is 6.04 Å². The summed E-state index contributed by atoms with van der Waals surface area (Å²) in [5.74, 6) is 0. The van der Waals surface area contributed by atoms with Gasteiger partial charge in [0.05, 0.1) is 0 Å². The van der Waals surface area contributed by atoms with Gasteiger partial charge in [0.2, 0.25) is 0 Å². The molecule has 2 heteroatoms. The second-order valence-corrected chi connectivity index (χ2v) is 5.72. The Kier molecular flexibility index (Phi) is 3.60. The van der Waals surface area contributed by atoms with Gasteiger partial charge in [-0.3, -0.25) is 0 Å². The van der Waals surface area contributed by atoms with Crippen molar-refractivity contribution in [3.8, 4) is 11.1 Å². The Morgan fingerprint density at radius 3 is 2.20 bits per heavy atom. The molecule has 3 rings (SSSR count). The molecular weight excluding hydrogens is 246 g/mol. The normalized spacial score (nSPS) is 26.4. The van der Waals surface area contributed by atoms with Crippen molar-refractivity contribution in [3.05, 3.63) is 60.2 Å². The minimum atomic E-state index is -0.854. The average molecular weight is 267 g/mol. The van der Waals surface area contributed by atoms with Gasteiger partial charge in [0.15, 0.2) is 0 Å². The van der Waals surface area contributed by atoms with Crippen molar-refractivity contribution in [1.29, 1.82) is 0 Å². The minimum Gasteiger partial charge on any atom is -0.384 e. The smallest absolute Gasteiger partial charge is 0.105 e. The van der Waals surface area contributed by atoms with Gasteiger partial charge in [-0.25, -0.2) is 0 Å². The number of hydrogen-bond acceptors (Lipinski definition) is 2. The summed E-state index contributed by atoms with van der Waals surface area (Å²) in [7, 11) is 0. The van der Waals surface area contributed by atoms with Gasteiger partial charge in [-0.2, -0.15) is 0 Å². The first-order valence-electron chi connectivity index (χ1n) is 7.34. The lowest BCUT2D eigenvalue weighted by atomic mass is 9.76. The highest BCUT2D eigenvalue weighted by Crippen LogP contribution is 2.36.